The van der Waals surface area contributed by atoms with Gasteiger partial charge in [-0.3, -0.25) is 9.59 Å². The van der Waals surface area contributed by atoms with E-state index in [1.807, 2.05) is 6.07 Å². The van der Waals surface area contributed by atoms with E-state index in [2.05, 4.69) is 15.4 Å². The third-order valence-corrected chi connectivity index (χ3v) is 4.25. The molecule has 0 bridgehead atoms. The highest BCUT2D eigenvalue weighted by atomic mass is 16.5. The van der Waals surface area contributed by atoms with Gasteiger partial charge in [-0.25, -0.2) is 4.79 Å². The van der Waals surface area contributed by atoms with Crippen molar-refractivity contribution in [3.63, 3.8) is 0 Å². The van der Waals surface area contributed by atoms with E-state index >= 15 is 0 Å². The number of hydrogen-bond donors (Lipinski definition) is 2. The average Bonchev–Trinajstić information content (AvgIpc) is 2.79. The maximum Gasteiger partial charge on any atom is 0.337 e. The largest absolute Gasteiger partial charge is 0.465 e. The van der Waals surface area contributed by atoms with Crippen LogP contribution in [-0.2, 0) is 4.74 Å². The lowest BCUT2D eigenvalue weighted by atomic mass is 10.1. The van der Waals surface area contributed by atoms with Gasteiger partial charge in [0.2, 0.25) is 0 Å². The van der Waals surface area contributed by atoms with Crippen LogP contribution < -0.4 is 10.6 Å². The predicted octanol–water partition coefficient (Wildman–Crippen LogP) is 3.85. The van der Waals surface area contributed by atoms with Crippen molar-refractivity contribution in [2.45, 2.75) is 0 Å². The summed E-state index contributed by atoms with van der Waals surface area (Å²) in [4.78, 5) is 36.5. The van der Waals surface area contributed by atoms with Gasteiger partial charge in [0.1, 0.15) is 6.07 Å². The molecule has 3 aromatic carbocycles. The molecule has 0 unspecified atom stereocenters. The van der Waals surface area contributed by atoms with Gasteiger partial charge in [0.25, 0.3) is 11.8 Å². The fourth-order valence-electron chi connectivity index (χ4n) is 2.70. The minimum absolute atomic E-state index is 0.319. The molecule has 7 nitrogen and oxygen atoms in total. The summed E-state index contributed by atoms with van der Waals surface area (Å²) in [6, 6.07) is 21.2. The van der Waals surface area contributed by atoms with E-state index in [1.165, 1.54) is 37.4 Å². The van der Waals surface area contributed by atoms with Gasteiger partial charge in [0, 0.05) is 16.8 Å². The number of methoxy groups -OCH3 is 1. The Morgan fingerprint density at radius 2 is 1.43 bits per heavy atom. The van der Waals surface area contributed by atoms with Crippen LogP contribution in [-0.4, -0.2) is 24.9 Å². The number of nitriles is 1. The quantitative estimate of drug-likeness (QED) is 0.634. The van der Waals surface area contributed by atoms with E-state index in [0.29, 0.717) is 33.6 Å². The Balaban J connectivity index is 1.69. The maximum absolute atomic E-state index is 12.5. The number of amides is 2. The minimum Gasteiger partial charge on any atom is -0.465 e. The van der Waals surface area contributed by atoms with Gasteiger partial charge < -0.3 is 15.4 Å². The number of carbonyl (C=O) groups excluding carboxylic acids is 3. The molecule has 30 heavy (non-hydrogen) atoms. The van der Waals surface area contributed by atoms with Crippen molar-refractivity contribution in [1.82, 2.24) is 0 Å². The number of para-hydroxylation sites is 1. The fraction of sp³-hybridized carbons (Fsp3) is 0.0435. The summed E-state index contributed by atoms with van der Waals surface area (Å²) < 4.78 is 4.67. The zero-order chi connectivity index (χ0) is 21.5. The summed E-state index contributed by atoms with van der Waals surface area (Å²) in [5, 5.41) is 14.5. The summed E-state index contributed by atoms with van der Waals surface area (Å²) in [6.45, 7) is 0. The number of ether oxygens (including phenoxy) is 1. The van der Waals surface area contributed by atoms with E-state index in [-0.39, 0.29) is 5.91 Å². The van der Waals surface area contributed by atoms with Crippen LogP contribution in [0.15, 0.2) is 72.8 Å². The number of nitrogens with one attached hydrogen (secondary N) is 2. The van der Waals surface area contributed by atoms with Crippen molar-refractivity contribution >= 4 is 29.2 Å². The molecule has 2 N–H and O–H groups in total. The van der Waals surface area contributed by atoms with Crippen LogP contribution in [0.3, 0.4) is 0 Å². The van der Waals surface area contributed by atoms with Gasteiger partial charge in [-0.2, -0.15) is 5.26 Å². The molecule has 3 rings (SSSR count). The lowest BCUT2D eigenvalue weighted by molar-refractivity contribution is 0.0600. The van der Waals surface area contributed by atoms with Gasteiger partial charge >= 0.3 is 5.97 Å². The standard InChI is InChI=1S/C23H17N3O4/c1-30-23(29)17-6-4-7-19(13-17)25-21(27)15-9-11-16(12-10-15)22(28)26-20-8-3-2-5-18(20)14-24/h2-13H,1H3,(H,25,27)(H,26,28). The molecular weight excluding hydrogens is 382 g/mol. The minimum atomic E-state index is -0.501. The SMILES string of the molecule is COC(=O)c1cccc(NC(=O)c2ccc(C(=O)Nc3ccccc3C#N)cc2)c1. The van der Waals surface area contributed by atoms with Gasteiger partial charge in [-0.15, -0.1) is 0 Å². The first-order valence-corrected chi connectivity index (χ1v) is 8.92. The van der Waals surface area contributed by atoms with E-state index in [4.69, 9.17) is 5.26 Å². The molecule has 0 saturated heterocycles. The van der Waals surface area contributed by atoms with E-state index < -0.39 is 11.9 Å². The first kappa shape index (κ1) is 20.3. The van der Waals surface area contributed by atoms with Crippen LogP contribution in [0.25, 0.3) is 0 Å². The topological polar surface area (TPSA) is 108 Å². The molecule has 3 aromatic rings. The summed E-state index contributed by atoms with van der Waals surface area (Å²) in [5.74, 6) is -1.28. The molecule has 0 radical (unpaired) electrons. The molecular formula is C23H17N3O4. The van der Waals surface area contributed by atoms with Crippen LogP contribution in [0.2, 0.25) is 0 Å². The molecule has 2 amide bonds. The predicted molar refractivity (Wildman–Crippen MR) is 111 cm³/mol. The zero-order valence-electron chi connectivity index (χ0n) is 16.0. The van der Waals surface area contributed by atoms with Crippen LogP contribution in [0.1, 0.15) is 36.6 Å². The number of benzene rings is 3. The number of esters is 1. The fourth-order valence-corrected chi connectivity index (χ4v) is 2.70. The first-order valence-electron chi connectivity index (χ1n) is 8.92. The summed E-state index contributed by atoms with van der Waals surface area (Å²) in [7, 11) is 1.28. The van der Waals surface area contributed by atoms with Crippen molar-refractivity contribution in [1.29, 1.82) is 5.26 Å². The Labute approximate surface area is 172 Å². The van der Waals surface area contributed by atoms with Crippen molar-refractivity contribution in [3.05, 3.63) is 95.1 Å². The number of carbonyl (C=O) groups is 3. The first-order chi connectivity index (χ1) is 14.5. The molecule has 0 saturated carbocycles. The Bertz CT molecular complexity index is 1150. The monoisotopic (exact) mass is 399 g/mol. The zero-order valence-corrected chi connectivity index (χ0v) is 16.0. The molecule has 0 atom stereocenters. The van der Waals surface area contributed by atoms with Crippen molar-refractivity contribution < 1.29 is 19.1 Å². The summed E-state index contributed by atoms with van der Waals surface area (Å²) in [5.41, 5.74) is 2.21. The number of nitrogens with zero attached hydrogens (tertiary/aromatic N) is 1. The van der Waals surface area contributed by atoms with Gasteiger partial charge in [-0.05, 0) is 54.6 Å². The molecule has 0 aliphatic rings. The van der Waals surface area contributed by atoms with Crippen LogP contribution >= 0.6 is 0 Å². The second kappa shape index (κ2) is 9.17. The van der Waals surface area contributed by atoms with Gasteiger partial charge in [0.05, 0.1) is 23.9 Å². The van der Waals surface area contributed by atoms with E-state index in [0.717, 1.165) is 0 Å². The number of hydrogen-bond acceptors (Lipinski definition) is 5. The van der Waals surface area contributed by atoms with Crippen LogP contribution in [0.4, 0.5) is 11.4 Å². The second-order valence-corrected chi connectivity index (χ2v) is 6.22. The second-order valence-electron chi connectivity index (χ2n) is 6.22. The van der Waals surface area contributed by atoms with Crippen molar-refractivity contribution in [2.24, 2.45) is 0 Å². The third kappa shape index (κ3) is 4.69. The highest BCUT2D eigenvalue weighted by molar-refractivity contribution is 6.07. The highest BCUT2D eigenvalue weighted by Gasteiger charge is 2.12. The average molecular weight is 399 g/mol. The van der Waals surface area contributed by atoms with E-state index in [1.54, 1.807) is 42.5 Å². The van der Waals surface area contributed by atoms with Crippen LogP contribution in [0, 0.1) is 11.3 Å². The molecule has 148 valence electrons. The summed E-state index contributed by atoms with van der Waals surface area (Å²) in [6.07, 6.45) is 0. The lowest BCUT2D eigenvalue weighted by Crippen LogP contribution is -2.15. The van der Waals surface area contributed by atoms with Crippen molar-refractivity contribution in [3.8, 4) is 6.07 Å². The van der Waals surface area contributed by atoms with E-state index in [9.17, 15) is 14.4 Å². The Kier molecular flexibility index (Phi) is 6.20. The smallest absolute Gasteiger partial charge is 0.337 e. The van der Waals surface area contributed by atoms with Crippen molar-refractivity contribution in [2.75, 3.05) is 17.7 Å². The lowest BCUT2D eigenvalue weighted by Gasteiger charge is -2.09. The molecule has 0 aliphatic carbocycles. The molecule has 0 fully saturated rings. The molecule has 7 heteroatoms. The number of anilines is 2. The molecule has 0 aromatic heterocycles. The van der Waals surface area contributed by atoms with Crippen LogP contribution in [0.5, 0.6) is 0 Å². The molecule has 0 aliphatic heterocycles. The number of rotatable bonds is 5. The van der Waals surface area contributed by atoms with Gasteiger partial charge in [0.15, 0.2) is 0 Å². The Hall–Kier alpha value is -4.44. The molecule has 0 spiro atoms. The molecule has 0 heterocycles. The van der Waals surface area contributed by atoms with Gasteiger partial charge in [-0.1, -0.05) is 18.2 Å². The maximum atomic E-state index is 12.5. The highest BCUT2D eigenvalue weighted by Crippen LogP contribution is 2.16. The normalized spacial score (nSPS) is 9.87. The Morgan fingerprint density at radius 1 is 0.800 bits per heavy atom. The third-order valence-electron chi connectivity index (χ3n) is 4.25. The Morgan fingerprint density at radius 3 is 2.07 bits per heavy atom. The summed E-state index contributed by atoms with van der Waals surface area (Å²) >= 11 is 0.